The predicted octanol–water partition coefficient (Wildman–Crippen LogP) is 2.62. The molecule has 0 unspecified atom stereocenters. The average molecular weight is 334 g/mol. The van der Waals surface area contributed by atoms with Gasteiger partial charge >= 0.3 is 0 Å². The molecule has 2 aromatic heterocycles. The Hall–Kier alpha value is -2.95. The molecule has 0 aliphatic rings. The largest absolute Gasteiger partial charge is 0.356 e. The van der Waals surface area contributed by atoms with E-state index in [-0.39, 0.29) is 5.91 Å². The Labute approximate surface area is 147 Å². The first-order chi connectivity index (χ1) is 12.3. The molecule has 2 heterocycles. The van der Waals surface area contributed by atoms with Gasteiger partial charge in [-0.3, -0.25) is 9.78 Å². The Morgan fingerprint density at radius 2 is 1.84 bits per heavy atom. The summed E-state index contributed by atoms with van der Waals surface area (Å²) in [5.74, 6) is 1.04. The van der Waals surface area contributed by atoms with E-state index in [0.717, 1.165) is 24.4 Å². The standard InChI is InChI=1S/C20H22N4O/c25-20(9-8-17-7-4-11-21-15-17)23-12-10-19-22-13-14-24(19)16-18-5-2-1-3-6-18/h1-7,11,13-15H,8-10,12,16H2,(H,23,25). The maximum atomic E-state index is 12.0. The number of carbonyl (C=O) groups excluding carboxylic acids is 1. The highest BCUT2D eigenvalue weighted by Crippen LogP contribution is 2.06. The summed E-state index contributed by atoms with van der Waals surface area (Å²) in [6.45, 7) is 1.39. The molecule has 0 aliphatic carbocycles. The van der Waals surface area contributed by atoms with Gasteiger partial charge in [-0.15, -0.1) is 0 Å². The molecule has 0 saturated heterocycles. The number of hydrogen-bond donors (Lipinski definition) is 1. The van der Waals surface area contributed by atoms with Gasteiger partial charge in [-0.2, -0.15) is 0 Å². The smallest absolute Gasteiger partial charge is 0.220 e. The minimum atomic E-state index is 0.0602. The summed E-state index contributed by atoms with van der Waals surface area (Å²) in [6.07, 6.45) is 9.23. The van der Waals surface area contributed by atoms with Crippen molar-refractivity contribution in [1.82, 2.24) is 19.9 Å². The highest BCUT2D eigenvalue weighted by atomic mass is 16.1. The highest BCUT2D eigenvalue weighted by Gasteiger charge is 2.06. The van der Waals surface area contributed by atoms with Gasteiger partial charge in [-0.1, -0.05) is 36.4 Å². The van der Waals surface area contributed by atoms with Gasteiger partial charge < -0.3 is 9.88 Å². The lowest BCUT2D eigenvalue weighted by Gasteiger charge is -2.09. The molecule has 1 N–H and O–H groups in total. The van der Waals surface area contributed by atoms with Gasteiger partial charge in [0, 0.05) is 50.7 Å². The Morgan fingerprint density at radius 3 is 2.64 bits per heavy atom. The molecule has 0 aliphatic heterocycles. The monoisotopic (exact) mass is 334 g/mol. The van der Waals surface area contributed by atoms with Crippen molar-refractivity contribution in [2.45, 2.75) is 25.8 Å². The van der Waals surface area contributed by atoms with Crippen LogP contribution in [0.4, 0.5) is 0 Å². The second-order valence-electron chi connectivity index (χ2n) is 5.92. The zero-order valence-electron chi connectivity index (χ0n) is 14.1. The van der Waals surface area contributed by atoms with Crippen LogP contribution in [-0.4, -0.2) is 27.0 Å². The van der Waals surface area contributed by atoms with Gasteiger partial charge in [0.15, 0.2) is 0 Å². The van der Waals surface area contributed by atoms with E-state index in [4.69, 9.17) is 0 Å². The average Bonchev–Trinajstić information content (AvgIpc) is 3.09. The Kier molecular flexibility index (Phi) is 5.93. The fraction of sp³-hybridized carbons (Fsp3) is 0.250. The molecule has 1 aromatic carbocycles. The van der Waals surface area contributed by atoms with E-state index < -0.39 is 0 Å². The van der Waals surface area contributed by atoms with Crippen LogP contribution in [-0.2, 0) is 24.2 Å². The van der Waals surface area contributed by atoms with Gasteiger partial charge in [0.2, 0.25) is 5.91 Å². The van der Waals surface area contributed by atoms with E-state index in [2.05, 4.69) is 32.0 Å². The number of nitrogens with one attached hydrogen (secondary N) is 1. The SMILES string of the molecule is O=C(CCc1cccnc1)NCCc1nccn1Cc1ccccc1. The molecule has 5 nitrogen and oxygen atoms in total. The van der Waals surface area contributed by atoms with Crippen molar-refractivity contribution in [3.63, 3.8) is 0 Å². The van der Waals surface area contributed by atoms with Crippen LogP contribution in [0.1, 0.15) is 23.4 Å². The maximum Gasteiger partial charge on any atom is 0.220 e. The van der Waals surface area contributed by atoms with Gasteiger partial charge in [-0.25, -0.2) is 4.98 Å². The second-order valence-corrected chi connectivity index (χ2v) is 5.92. The number of rotatable bonds is 8. The van der Waals surface area contributed by atoms with Crippen molar-refractivity contribution in [3.8, 4) is 0 Å². The first kappa shape index (κ1) is 16.9. The molecule has 0 fully saturated rings. The van der Waals surface area contributed by atoms with Crippen molar-refractivity contribution in [3.05, 3.63) is 84.2 Å². The van der Waals surface area contributed by atoms with Crippen molar-refractivity contribution < 1.29 is 4.79 Å². The van der Waals surface area contributed by atoms with Crippen LogP contribution in [0.5, 0.6) is 0 Å². The van der Waals surface area contributed by atoms with Crippen LogP contribution < -0.4 is 5.32 Å². The summed E-state index contributed by atoms with van der Waals surface area (Å²) >= 11 is 0. The second kappa shape index (κ2) is 8.78. The molecule has 0 spiro atoms. The molecule has 3 rings (SSSR count). The Balaban J connectivity index is 1.43. The normalized spacial score (nSPS) is 10.6. The minimum absolute atomic E-state index is 0.0602. The quantitative estimate of drug-likeness (QED) is 0.689. The van der Waals surface area contributed by atoms with Crippen molar-refractivity contribution in [2.75, 3.05) is 6.54 Å². The van der Waals surface area contributed by atoms with Gasteiger partial charge in [0.1, 0.15) is 5.82 Å². The molecular formula is C20H22N4O. The first-order valence-electron chi connectivity index (χ1n) is 8.51. The van der Waals surface area contributed by atoms with E-state index in [9.17, 15) is 4.79 Å². The topological polar surface area (TPSA) is 59.8 Å². The van der Waals surface area contributed by atoms with Crippen molar-refractivity contribution in [1.29, 1.82) is 0 Å². The van der Waals surface area contributed by atoms with Crippen molar-refractivity contribution in [2.24, 2.45) is 0 Å². The number of amides is 1. The fourth-order valence-corrected chi connectivity index (χ4v) is 2.70. The molecular weight excluding hydrogens is 312 g/mol. The predicted molar refractivity (Wildman–Crippen MR) is 97.0 cm³/mol. The van der Waals surface area contributed by atoms with Crippen LogP contribution in [0.2, 0.25) is 0 Å². The summed E-state index contributed by atoms with van der Waals surface area (Å²) in [5.41, 5.74) is 2.32. The summed E-state index contributed by atoms with van der Waals surface area (Å²) in [4.78, 5) is 20.4. The number of benzene rings is 1. The molecule has 5 heteroatoms. The number of carbonyl (C=O) groups is 1. The molecule has 0 radical (unpaired) electrons. The number of aryl methyl sites for hydroxylation is 1. The number of pyridine rings is 1. The lowest BCUT2D eigenvalue weighted by atomic mass is 10.1. The number of aromatic nitrogens is 3. The van der Waals surface area contributed by atoms with E-state index in [1.807, 2.05) is 42.7 Å². The Bertz CT molecular complexity index is 784. The maximum absolute atomic E-state index is 12.0. The third kappa shape index (κ3) is 5.28. The molecule has 0 atom stereocenters. The van der Waals surface area contributed by atoms with E-state index in [1.165, 1.54) is 5.56 Å². The van der Waals surface area contributed by atoms with Crippen molar-refractivity contribution >= 4 is 5.91 Å². The molecule has 1 amide bonds. The zero-order valence-corrected chi connectivity index (χ0v) is 14.1. The third-order valence-electron chi connectivity index (χ3n) is 4.03. The lowest BCUT2D eigenvalue weighted by molar-refractivity contribution is -0.121. The van der Waals surface area contributed by atoms with Crippen LogP contribution in [0.25, 0.3) is 0 Å². The zero-order chi connectivity index (χ0) is 17.3. The lowest BCUT2D eigenvalue weighted by Crippen LogP contribution is -2.26. The number of imidazole rings is 1. The van der Waals surface area contributed by atoms with E-state index in [1.54, 1.807) is 12.4 Å². The van der Waals surface area contributed by atoms with Gasteiger partial charge in [0.05, 0.1) is 0 Å². The van der Waals surface area contributed by atoms with Gasteiger partial charge in [-0.05, 0) is 23.6 Å². The first-order valence-corrected chi connectivity index (χ1v) is 8.51. The fourth-order valence-electron chi connectivity index (χ4n) is 2.70. The Morgan fingerprint density at radius 1 is 1.00 bits per heavy atom. The van der Waals surface area contributed by atoms with Crippen LogP contribution in [0.15, 0.2) is 67.3 Å². The summed E-state index contributed by atoms with van der Waals surface area (Å²) in [7, 11) is 0. The molecule has 128 valence electrons. The van der Waals surface area contributed by atoms with Crippen LogP contribution >= 0.6 is 0 Å². The molecule has 25 heavy (non-hydrogen) atoms. The highest BCUT2D eigenvalue weighted by molar-refractivity contribution is 5.76. The van der Waals surface area contributed by atoms with E-state index >= 15 is 0 Å². The van der Waals surface area contributed by atoms with Crippen LogP contribution in [0.3, 0.4) is 0 Å². The van der Waals surface area contributed by atoms with Gasteiger partial charge in [0.25, 0.3) is 0 Å². The molecule has 0 bridgehead atoms. The minimum Gasteiger partial charge on any atom is -0.356 e. The van der Waals surface area contributed by atoms with E-state index in [0.29, 0.717) is 19.4 Å². The van der Waals surface area contributed by atoms with Crippen LogP contribution in [0, 0.1) is 0 Å². The summed E-state index contributed by atoms with van der Waals surface area (Å²) in [5, 5.41) is 2.97. The third-order valence-corrected chi connectivity index (χ3v) is 4.03. The number of hydrogen-bond acceptors (Lipinski definition) is 3. The molecule has 0 saturated carbocycles. The molecule has 3 aromatic rings. The summed E-state index contributed by atoms with van der Waals surface area (Å²) in [6, 6.07) is 14.2. The summed E-state index contributed by atoms with van der Waals surface area (Å²) < 4.78 is 2.12. The number of nitrogens with zero attached hydrogens (tertiary/aromatic N) is 3.